The molecule has 234 valence electrons. The molecule has 5 rings (SSSR count). The Morgan fingerprint density at radius 2 is 1.70 bits per heavy atom. The number of hydrogen-bond donors (Lipinski definition) is 1. The molecule has 1 saturated heterocycles. The van der Waals surface area contributed by atoms with Crippen molar-refractivity contribution in [2.24, 2.45) is 5.92 Å². The number of nitrogens with zero attached hydrogens (tertiary/aromatic N) is 4. The van der Waals surface area contributed by atoms with E-state index in [0.717, 1.165) is 16.7 Å². The minimum atomic E-state index is -4.17. The highest BCUT2D eigenvalue weighted by atomic mass is 32.2. The minimum absolute atomic E-state index is 0.0480. The first-order valence-electron chi connectivity index (χ1n) is 14.7. The van der Waals surface area contributed by atoms with Crippen LogP contribution in [0.4, 0.5) is 10.7 Å². The number of carbonyl (C=O) groups is 2. The Balaban J connectivity index is 1.69. The lowest BCUT2D eigenvalue weighted by atomic mass is 10.00. The molecule has 3 heterocycles. The molecule has 3 aromatic rings. The van der Waals surface area contributed by atoms with E-state index in [-0.39, 0.29) is 53.7 Å². The van der Waals surface area contributed by atoms with Gasteiger partial charge in [-0.05, 0) is 69.9 Å². The minimum Gasteiger partial charge on any atom is -0.470 e. The van der Waals surface area contributed by atoms with Gasteiger partial charge in [-0.2, -0.15) is 4.98 Å². The van der Waals surface area contributed by atoms with Gasteiger partial charge in [0, 0.05) is 23.7 Å². The largest absolute Gasteiger partial charge is 0.470 e. The molecule has 0 radical (unpaired) electrons. The zero-order valence-electron chi connectivity index (χ0n) is 26.1. The van der Waals surface area contributed by atoms with E-state index in [0.29, 0.717) is 5.69 Å². The number of fused-ring (bicyclic) bond motifs is 6. The quantitative estimate of drug-likeness (QED) is 0.421. The molecule has 12 heteroatoms. The van der Waals surface area contributed by atoms with Crippen molar-refractivity contribution in [3.8, 4) is 17.1 Å². The molecular weight excluding hydrogens is 582 g/mol. The number of sulfonamides is 1. The van der Waals surface area contributed by atoms with E-state index in [1.807, 2.05) is 45.9 Å². The first-order chi connectivity index (χ1) is 20.6. The van der Waals surface area contributed by atoms with Crippen LogP contribution in [-0.4, -0.2) is 77.6 Å². The highest BCUT2D eigenvalue weighted by molar-refractivity contribution is 7.92. The summed E-state index contributed by atoms with van der Waals surface area (Å²) in [5.74, 6) is -0.488. The smallest absolute Gasteiger partial charge is 0.410 e. The number of benzene rings is 2. The van der Waals surface area contributed by atoms with E-state index in [2.05, 4.69) is 14.7 Å². The van der Waals surface area contributed by atoms with Crippen LogP contribution in [0.3, 0.4) is 0 Å². The molecule has 11 nitrogen and oxygen atoms in total. The van der Waals surface area contributed by atoms with Crippen molar-refractivity contribution in [2.45, 2.75) is 71.1 Å². The zero-order valence-corrected chi connectivity index (χ0v) is 26.9. The second-order valence-corrected chi connectivity index (χ2v) is 14.4. The number of hydrogen-bond acceptors (Lipinski definition) is 8. The van der Waals surface area contributed by atoms with Gasteiger partial charge >= 0.3 is 6.09 Å². The molecule has 1 N–H and O–H groups in total. The van der Waals surface area contributed by atoms with Crippen LogP contribution in [0.2, 0.25) is 0 Å². The number of nitrogens with one attached hydrogen (secondary N) is 1. The summed E-state index contributed by atoms with van der Waals surface area (Å²) in [4.78, 5) is 39.7. The molecule has 2 amide bonds. The van der Waals surface area contributed by atoms with Crippen LogP contribution in [0.15, 0.2) is 53.4 Å². The summed E-state index contributed by atoms with van der Waals surface area (Å²) in [5, 5.41) is 0. The fourth-order valence-corrected chi connectivity index (χ4v) is 6.59. The van der Waals surface area contributed by atoms with Crippen molar-refractivity contribution >= 4 is 28.0 Å². The fourth-order valence-electron chi connectivity index (χ4n) is 5.60. The van der Waals surface area contributed by atoms with Crippen molar-refractivity contribution in [3.05, 3.63) is 65.2 Å². The number of ether oxygens (including phenoxy) is 2. The van der Waals surface area contributed by atoms with E-state index < -0.39 is 33.9 Å². The highest BCUT2D eigenvalue weighted by Gasteiger charge is 2.39. The topological polar surface area (TPSA) is 131 Å². The number of anilines is 1. The van der Waals surface area contributed by atoms with E-state index in [1.54, 1.807) is 42.7 Å². The Morgan fingerprint density at radius 3 is 2.36 bits per heavy atom. The molecule has 0 unspecified atom stereocenters. The van der Waals surface area contributed by atoms with E-state index in [4.69, 9.17) is 9.47 Å². The lowest BCUT2D eigenvalue weighted by molar-refractivity contribution is 0.0176. The molecule has 2 atom stereocenters. The maximum absolute atomic E-state index is 14.1. The van der Waals surface area contributed by atoms with Gasteiger partial charge in [0.2, 0.25) is 11.8 Å². The van der Waals surface area contributed by atoms with Gasteiger partial charge in [-0.25, -0.2) is 22.9 Å². The zero-order chi connectivity index (χ0) is 32.0. The number of aryl methyl sites for hydroxylation is 2. The Morgan fingerprint density at radius 1 is 1.02 bits per heavy atom. The number of aromatic nitrogens is 2. The van der Waals surface area contributed by atoms with Crippen LogP contribution in [-0.2, 0) is 14.8 Å². The standard InChI is InChI=1S/C32H39N5O6S/c1-19(2)26-18-36(31(39)43-32(5,6)7)16-23-17-37(26)29(38)22-12-9-13-24(14-22)44(40,41)35-30-33-25(15-27(34-30)42-23)28-20(3)10-8-11-21(28)4/h8-15,19,23,26H,16-18H2,1-7H3,(H,33,34,35)/t23-,26-/m1/s1. The van der Waals surface area contributed by atoms with Crippen LogP contribution in [0.1, 0.15) is 56.1 Å². The molecule has 2 aromatic carbocycles. The van der Waals surface area contributed by atoms with Gasteiger partial charge in [0.15, 0.2) is 0 Å². The lowest BCUT2D eigenvalue weighted by Gasteiger charge is -2.35. The Labute approximate surface area is 258 Å². The van der Waals surface area contributed by atoms with Crippen molar-refractivity contribution in [1.82, 2.24) is 19.8 Å². The van der Waals surface area contributed by atoms with Crippen LogP contribution in [0, 0.1) is 19.8 Å². The monoisotopic (exact) mass is 621 g/mol. The van der Waals surface area contributed by atoms with Crippen molar-refractivity contribution in [3.63, 3.8) is 0 Å². The number of amides is 2. The van der Waals surface area contributed by atoms with Gasteiger partial charge in [0.25, 0.3) is 15.9 Å². The third kappa shape index (κ3) is 6.64. The first-order valence-corrected chi connectivity index (χ1v) is 16.1. The van der Waals surface area contributed by atoms with Crippen LogP contribution >= 0.6 is 0 Å². The fraction of sp³-hybridized carbons (Fsp3) is 0.438. The molecule has 2 aliphatic rings. The Kier molecular flexibility index (Phi) is 8.32. The summed E-state index contributed by atoms with van der Waals surface area (Å²) in [6.45, 7) is 13.7. The van der Waals surface area contributed by atoms with Crippen molar-refractivity contribution in [1.29, 1.82) is 0 Å². The predicted octanol–water partition coefficient (Wildman–Crippen LogP) is 5.04. The van der Waals surface area contributed by atoms with Crippen molar-refractivity contribution < 1.29 is 27.5 Å². The van der Waals surface area contributed by atoms with E-state index in [1.165, 1.54) is 18.2 Å². The average Bonchev–Trinajstić information content (AvgIpc) is 3.11. The van der Waals surface area contributed by atoms with Gasteiger partial charge in [0.05, 0.1) is 29.7 Å². The maximum atomic E-state index is 14.1. The molecular formula is C32H39N5O6S. The van der Waals surface area contributed by atoms with Crippen LogP contribution < -0.4 is 9.46 Å². The van der Waals surface area contributed by atoms with E-state index >= 15 is 0 Å². The van der Waals surface area contributed by atoms with Gasteiger partial charge in [-0.1, -0.05) is 38.1 Å². The molecule has 0 saturated carbocycles. The van der Waals surface area contributed by atoms with Gasteiger partial charge in [-0.15, -0.1) is 0 Å². The second-order valence-electron chi connectivity index (χ2n) is 12.7. The van der Waals surface area contributed by atoms with Gasteiger partial charge < -0.3 is 19.3 Å². The molecule has 0 aliphatic carbocycles. The Hall–Kier alpha value is -4.19. The van der Waals surface area contributed by atoms with Crippen LogP contribution in [0.25, 0.3) is 11.3 Å². The number of rotatable bonds is 2. The van der Waals surface area contributed by atoms with Crippen molar-refractivity contribution in [2.75, 3.05) is 24.4 Å². The summed E-state index contributed by atoms with van der Waals surface area (Å²) < 4.78 is 41.7. The third-order valence-corrected chi connectivity index (χ3v) is 8.98. The SMILES string of the molecule is Cc1cccc(C)c1-c1cc2nc(n1)NS(=O)(=O)c1cccc(c1)C(=O)N1C[C@@H](CN(C(=O)OC(C)(C)C)C[C@@H]1C(C)C)O2. The second kappa shape index (κ2) is 11.7. The molecule has 2 aliphatic heterocycles. The summed E-state index contributed by atoms with van der Waals surface area (Å²) in [6, 6.07) is 13.0. The molecule has 6 bridgehead atoms. The first kappa shape index (κ1) is 31.2. The molecule has 0 spiro atoms. The van der Waals surface area contributed by atoms with Gasteiger partial charge in [0.1, 0.15) is 11.7 Å². The van der Waals surface area contributed by atoms with Gasteiger partial charge in [-0.3, -0.25) is 4.79 Å². The molecule has 44 heavy (non-hydrogen) atoms. The normalized spacial score (nSPS) is 20.0. The molecule has 1 fully saturated rings. The summed E-state index contributed by atoms with van der Waals surface area (Å²) in [6.07, 6.45) is -1.23. The van der Waals surface area contributed by atoms with E-state index in [9.17, 15) is 18.0 Å². The lowest BCUT2D eigenvalue weighted by Crippen LogP contribution is -2.49. The third-order valence-electron chi connectivity index (χ3n) is 7.66. The van der Waals surface area contributed by atoms with Crippen LogP contribution in [0.5, 0.6) is 5.88 Å². The predicted molar refractivity (Wildman–Crippen MR) is 166 cm³/mol. The summed E-state index contributed by atoms with van der Waals surface area (Å²) in [5.41, 5.74) is 2.65. The molecule has 1 aromatic heterocycles. The highest BCUT2D eigenvalue weighted by Crippen LogP contribution is 2.31. The summed E-state index contributed by atoms with van der Waals surface area (Å²) >= 11 is 0. The summed E-state index contributed by atoms with van der Waals surface area (Å²) in [7, 11) is -4.17. The average molecular weight is 622 g/mol. The maximum Gasteiger partial charge on any atom is 0.410 e. The number of carbonyl (C=O) groups excluding carboxylic acids is 2. The Bertz CT molecular complexity index is 1680.